The molecule has 18 aromatic carbocycles. The molecule has 0 spiro atoms. The summed E-state index contributed by atoms with van der Waals surface area (Å²) in [6, 6.07) is 153. The fourth-order valence-electron chi connectivity index (χ4n) is 18.2. The van der Waals surface area contributed by atoms with Crippen LogP contribution in [0.15, 0.2) is 431 Å². The van der Waals surface area contributed by atoms with Crippen LogP contribution in [0.2, 0.25) is 0 Å². The Labute approximate surface area is 691 Å². The Kier molecular flexibility index (Phi) is 16.7. The maximum Gasteiger partial charge on any atom is 0.164 e. The van der Waals surface area contributed by atoms with Gasteiger partial charge in [-0.2, -0.15) is 0 Å². The summed E-state index contributed by atoms with van der Waals surface area (Å²) in [4.78, 5) is 25.1. The molecule has 9 nitrogen and oxygen atoms in total. The van der Waals surface area contributed by atoms with Crippen molar-refractivity contribution in [1.29, 1.82) is 0 Å². The fraction of sp³-hybridized carbons (Fsp3) is 0. The van der Waals surface area contributed by atoms with Crippen LogP contribution in [0.1, 0.15) is 0 Å². The van der Waals surface area contributed by atoms with Gasteiger partial charge in [0, 0.05) is 98.6 Å². The summed E-state index contributed by atoms with van der Waals surface area (Å²) in [5, 5.41) is 14.5. The lowest BCUT2D eigenvalue weighted by Gasteiger charge is -2.14. The molecule has 6 heterocycles. The van der Waals surface area contributed by atoms with Gasteiger partial charge >= 0.3 is 0 Å². The lowest BCUT2D eigenvalue weighted by molar-refractivity contribution is 1.07. The summed E-state index contributed by atoms with van der Waals surface area (Å²) in [6.45, 7) is 0. The highest BCUT2D eigenvalue weighted by molar-refractivity contribution is 6.31. The van der Waals surface area contributed by atoms with Crippen molar-refractivity contribution < 1.29 is 0 Å². The first-order valence-electron chi connectivity index (χ1n) is 40.7. The third-order valence-corrected chi connectivity index (χ3v) is 23.6. The Balaban J connectivity index is 0.000000140. The number of aromatic nitrogens is 9. The second kappa shape index (κ2) is 28.9. The van der Waals surface area contributed by atoms with Crippen molar-refractivity contribution in [3.63, 3.8) is 0 Å². The standard InChI is InChI=1S/C56H36N4.C55H35N5/c1-4-16-37(17-5-1)40-22-14-24-43(35-40)59-50-27-12-10-25-45(50)54-52(59)32-33-53-55(54)46-26-11-13-28-51(46)60(53)49-29-15-23-41-34-42(30-31-44(41)49)48-36-47(38-18-6-2-7-19-38)57-56(58-48)39-20-8-3-9-21-39;1-4-16-36(17-5-1)39-22-14-24-42(35-39)59-47-27-12-10-25-44(47)51-49(59)32-33-50-52(51)45-26-11-13-28-48(45)60(50)46-29-15-23-40-34-41(30-31-43(40)46)55-57-53(37-18-6-2-7-19-37)56-54(58-55)38-20-8-3-9-21-38/h1-36H;1-35H. The molecule has 6 aromatic heterocycles. The van der Waals surface area contributed by atoms with Crippen LogP contribution < -0.4 is 0 Å². The van der Waals surface area contributed by atoms with Crippen LogP contribution in [0.5, 0.6) is 0 Å². The Morgan fingerprint density at radius 3 is 0.842 bits per heavy atom. The summed E-state index contributed by atoms with van der Waals surface area (Å²) in [5.41, 5.74) is 26.5. The fourth-order valence-corrected chi connectivity index (χ4v) is 18.2. The second-order valence-electron chi connectivity index (χ2n) is 30.6. The van der Waals surface area contributed by atoms with Crippen LogP contribution in [0.25, 0.3) is 222 Å². The Hall–Kier alpha value is -16.2. The highest BCUT2D eigenvalue weighted by atomic mass is 15.0. The van der Waals surface area contributed by atoms with E-state index in [1.165, 1.54) is 109 Å². The topological polar surface area (TPSA) is 84.2 Å². The predicted molar refractivity (Wildman–Crippen MR) is 498 cm³/mol. The second-order valence-corrected chi connectivity index (χ2v) is 30.6. The maximum absolute atomic E-state index is 5.14. The van der Waals surface area contributed by atoms with Crippen LogP contribution in [0.3, 0.4) is 0 Å². The zero-order valence-electron chi connectivity index (χ0n) is 65.0. The lowest BCUT2D eigenvalue weighted by atomic mass is 10.0. The van der Waals surface area contributed by atoms with Crippen molar-refractivity contribution in [2.75, 3.05) is 0 Å². The molecule has 0 aliphatic rings. The van der Waals surface area contributed by atoms with Crippen LogP contribution in [-0.2, 0) is 0 Å². The molecule has 0 radical (unpaired) electrons. The van der Waals surface area contributed by atoms with E-state index >= 15 is 0 Å². The SMILES string of the molecule is c1ccc(-c2cccc(-n3c4ccccc4c4c5c6ccccc6n(-c6cccc7cc(-c8cc(-c9ccccc9)nc(-c9ccccc9)n8)ccc67)c5ccc43)c2)cc1.c1ccc(-c2cccc(-n3c4ccccc4c4c5c6ccccc6n(-c6cccc7cc(-c8nc(-c9ccccc9)nc(-c9ccccc9)n8)ccc67)c5ccc43)c2)cc1. The molecular formula is C111H71N9. The van der Waals surface area contributed by atoms with Crippen molar-refractivity contribution >= 4 is 109 Å². The summed E-state index contributed by atoms with van der Waals surface area (Å²) < 4.78 is 9.76. The van der Waals surface area contributed by atoms with Crippen LogP contribution in [0.4, 0.5) is 0 Å². The maximum atomic E-state index is 5.14. The zero-order valence-corrected chi connectivity index (χ0v) is 65.0. The minimum absolute atomic E-state index is 0.639. The van der Waals surface area contributed by atoms with E-state index in [0.717, 1.165) is 89.2 Å². The van der Waals surface area contributed by atoms with Gasteiger partial charge in [0.2, 0.25) is 0 Å². The molecule has 0 amide bonds. The number of benzene rings is 18. The minimum atomic E-state index is 0.639. The number of rotatable bonds is 12. The highest BCUT2D eigenvalue weighted by Gasteiger charge is 2.26. The number of nitrogens with zero attached hydrogens (tertiary/aromatic N) is 9. The third kappa shape index (κ3) is 11.8. The quantitative estimate of drug-likeness (QED) is 0.122. The molecule has 120 heavy (non-hydrogen) atoms. The molecule has 0 saturated carbocycles. The van der Waals surface area contributed by atoms with Crippen molar-refractivity contribution in [1.82, 2.24) is 43.2 Å². The molecular weight excluding hydrogens is 1460 g/mol. The van der Waals surface area contributed by atoms with Gasteiger partial charge in [0.1, 0.15) is 0 Å². The van der Waals surface area contributed by atoms with Gasteiger partial charge in [-0.25, -0.2) is 24.9 Å². The summed E-state index contributed by atoms with van der Waals surface area (Å²) >= 11 is 0. The monoisotopic (exact) mass is 1530 g/mol. The van der Waals surface area contributed by atoms with E-state index in [2.05, 4.69) is 364 Å². The van der Waals surface area contributed by atoms with E-state index in [0.29, 0.717) is 23.3 Å². The van der Waals surface area contributed by atoms with Crippen molar-refractivity contribution in [2.45, 2.75) is 0 Å². The van der Waals surface area contributed by atoms with Gasteiger partial charge in [-0.15, -0.1) is 0 Å². The van der Waals surface area contributed by atoms with E-state index < -0.39 is 0 Å². The third-order valence-electron chi connectivity index (χ3n) is 23.6. The molecule has 0 fully saturated rings. The van der Waals surface area contributed by atoms with E-state index in [1.54, 1.807) is 0 Å². The molecule has 9 heteroatoms. The largest absolute Gasteiger partial charge is 0.309 e. The van der Waals surface area contributed by atoms with Gasteiger partial charge in [-0.05, 0) is 136 Å². The Morgan fingerprint density at radius 2 is 0.442 bits per heavy atom. The average molecular weight is 1530 g/mol. The zero-order chi connectivity index (χ0) is 79.1. The molecule has 0 bridgehead atoms. The normalized spacial score (nSPS) is 11.7. The molecule has 0 N–H and O–H groups in total. The molecule has 24 rings (SSSR count). The minimum Gasteiger partial charge on any atom is -0.309 e. The summed E-state index contributed by atoms with van der Waals surface area (Å²) in [5.74, 6) is 2.65. The average Bonchev–Trinajstić information content (AvgIpc) is 1.55. The van der Waals surface area contributed by atoms with E-state index in [1.807, 2.05) is 84.9 Å². The number of hydrogen-bond donors (Lipinski definition) is 0. The van der Waals surface area contributed by atoms with Gasteiger partial charge in [-0.1, -0.05) is 328 Å². The number of para-hydroxylation sites is 4. The van der Waals surface area contributed by atoms with E-state index in [4.69, 9.17) is 24.9 Å². The number of fused-ring (bicyclic) bond motifs is 16. The highest BCUT2D eigenvalue weighted by Crippen LogP contribution is 2.47. The molecule has 0 aliphatic heterocycles. The van der Waals surface area contributed by atoms with Crippen molar-refractivity contribution in [2.24, 2.45) is 0 Å². The lowest BCUT2D eigenvalue weighted by Crippen LogP contribution is -2.00. The molecule has 0 aliphatic carbocycles. The van der Waals surface area contributed by atoms with Crippen molar-refractivity contribution in [3.8, 4) is 113 Å². The number of hydrogen-bond acceptors (Lipinski definition) is 5. The van der Waals surface area contributed by atoms with Gasteiger partial charge < -0.3 is 18.3 Å². The van der Waals surface area contributed by atoms with Crippen LogP contribution >= 0.6 is 0 Å². The van der Waals surface area contributed by atoms with Gasteiger partial charge in [0.05, 0.1) is 66.9 Å². The molecule has 0 unspecified atom stereocenters. The Bertz CT molecular complexity index is 7540. The van der Waals surface area contributed by atoms with Crippen molar-refractivity contribution in [3.05, 3.63) is 431 Å². The molecule has 0 atom stereocenters. The Morgan fingerprint density at radius 1 is 0.150 bits per heavy atom. The first kappa shape index (κ1) is 69.3. The van der Waals surface area contributed by atoms with Crippen LogP contribution in [-0.4, -0.2) is 43.2 Å². The summed E-state index contributed by atoms with van der Waals surface area (Å²) in [7, 11) is 0. The molecule has 24 aromatic rings. The van der Waals surface area contributed by atoms with E-state index in [-0.39, 0.29) is 0 Å². The predicted octanol–water partition coefficient (Wildman–Crippen LogP) is 28.4. The first-order valence-corrected chi connectivity index (χ1v) is 40.7. The smallest absolute Gasteiger partial charge is 0.164 e. The van der Waals surface area contributed by atoms with Gasteiger partial charge in [0.25, 0.3) is 0 Å². The van der Waals surface area contributed by atoms with Gasteiger partial charge in [0.15, 0.2) is 23.3 Å². The van der Waals surface area contributed by atoms with Crippen LogP contribution in [0, 0.1) is 0 Å². The summed E-state index contributed by atoms with van der Waals surface area (Å²) in [6.07, 6.45) is 0. The molecule has 560 valence electrons. The van der Waals surface area contributed by atoms with Gasteiger partial charge in [-0.3, -0.25) is 0 Å². The first-order chi connectivity index (χ1) is 59.5. The van der Waals surface area contributed by atoms with E-state index in [9.17, 15) is 0 Å². The molecule has 0 saturated heterocycles.